The summed E-state index contributed by atoms with van der Waals surface area (Å²) in [4.78, 5) is 22.1. The minimum atomic E-state index is -0.512. The Morgan fingerprint density at radius 3 is 2.41 bits per heavy atom. The van der Waals surface area contributed by atoms with Crippen molar-refractivity contribution in [2.75, 3.05) is 0 Å². The summed E-state index contributed by atoms with van der Waals surface area (Å²) in [5, 5.41) is 24.2. The van der Waals surface area contributed by atoms with Gasteiger partial charge in [-0.2, -0.15) is 5.10 Å². The van der Waals surface area contributed by atoms with E-state index in [2.05, 4.69) is 10.5 Å². The first-order chi connectivity index (χ1) is 14.0. The lowest BCUT2D eigenvalue weighted by Crippen LogP contribution is -2.17. The summed E-state index contributed by atoms with van der Waals surface area (Å²) in [6.07, 6.45) is 1.47. The molecule has 3 aromatic rings. The number of benzene rings is 3. The molecule has 0 aliphatic rings. The van der Waals surface area contributed by atoms with E-state index in [0.29, 0.717) is 5.75 Å². The number of aromatic hydroxyl groups is 1. The lowest BCUT2D eigenvalue weighted by molar-refractivity contribution is -0.384. The number of amides is 1. The first-order valence-corrected chi connectivity index (χ1v) is 8.60. The second-order valence-corrected chi connectivity index (χ2v) is 6.00. The van der Waals surface area contributed by atoms with E-state index in [-0.39, 0.29) is 23.6 Å². The number of non-ortho nitro benzene ring substituents is 1. The summed E-state index contributed by atoms with van der Waals surface area (Å²) < 4.78 is 5.65. The minimum absolute atomic E-state index is 0.0342. The Kier molecular flexibility index (Phi) is 6.16. The molecule has 8 heteroatoms. The number of nitrogens with one attached hydrogen (secondary N) is 1. The molecule has 2 N–H and O–H groups in total. The van der Waals surface area contributed by atoms with Crippen LogP contribution in [0.15, 0.2) is 77.9 Å². The van der Waals surface area contributed by atoms with Gasteiger partial charge in [0.05, 0.1) is 16.7 Å². The zero-order valence-corrected chi connectivity index (χ0v) is 15.2. The molecule has 0 radical (unpaired) electrons. The van der Waals surface area contributed by atoms with Crippen molar-refractivity contribution >= 4 is 17.8 Å². The van der Waals surface area contributed by atoms with Crippen LogP contribution in [0.4, 0.5) is 5.69 Å². The van der Waals surface area contributed by atoms with Gasteiger partial charge in [0.2, 0.25) is 0 Å². The fraction of sp³-hybridized carbons (Fsp3) is 0.0476. The van der Waals surface area contributed by atoms with Crippen molar-refractivity contribution in [3.63, 3.8) is 0 Å². The van der Waals surface area contributed by atoms with E-state index in [4.69, 9.17) is 4.74 Å². The molecule has 0 saturated carbocycles. The van der Waals surface area contributed by atoms with Crippen LogP contribution in [0.1, 0.15) is 21.5 Å². The van der Waals surface area contributed by atoms with Crippen molar-refractivity contribution < 1.29 is 19.6 Å². The van der Waals surface area contributed by atoms with Crippen molar-refractivity contribution in [1.82, 2.24) is 5.43 Å². The second kappa shape index (κ2) is 9.14. The van der Waals surface area contributed by atoms with E-state index in [1.807, 2.05) is 0 Å². The maximum Gasteiger partial charge on any atom is 0.275 e. The molecule has 3 rings (SSSR count). The predicted octanol–water partition coefficient (Wildman–Crippen LogP) is 3.64. The van der Waals surface area contributed by atoms with Gasteiger partial charge in [-0.1, -0.05) is 12.1 Å². The molecule has 8 nitrogen and oxygen atoms in total. The number of phenols is 1. The third-order valence-electron chi connectivity index (χ3n) is 3.96. The van der Waals surface area contributed by atoms with Gasteiger partial charge >= 0.3 is 0 Å². The van der Waals surface area contributed by atoms with Crippen LogP contribution < -0.4 is 10.2 Å². The van der Waals surface area contributed by atoms with Crippen molar-refractivity contribution in [2.45, 2.75) is 6.61 Å². The summed E-state index contributed by atoms with van der Waals surface area (Å²) in [5.41, 5.74) is 4.08. The number of carbonyl (C=O) groups is 1. The molecule has 0 saturated heterocycles. The summed E-state index contributed by atoms with van der Waals surface area (Å²) in [5.74, 6) is -0.00382. The number of rotatable bonds is 7. The molecule has 0 aromatic heterocycles. The van der Waals surface area contributed by atoms with Crippen LogP contribution in [-0.4, -0.2) is 22.2 Å². The number of phenolic OH excluding ortho intramolecular Hbond substituents is 1. The van der Waals surface area contributed by atoms with Gasteiger partial charge in [0.15, 0.2) is 0 Å². The molecule has 0 heterocycles. The van der Waals surface area contributed by atoms with Gasteiger partial charge in [0.1, 0.15) is 18.1 Å². The van der Waals surface area contributed by atoms with Gasteiger partial charge in [-0.05, 0) is 59.7 Å². The smallest absolute Gasteiger partial charge is 0.275 e. The van der Waals surface area contributed by atoms with E-state index in [9.17, 15) is 20.0 Å². The summed E-state index contributed by atoms with van der Waals surface area (Å²) in [6.45, 7) is 0.280. The topological polar surface area (TPSA) is 114 Å². The highest BCUT2D eigenvalue weighted by atomic mass is 16.6. The Balaban J connectivity index is 1.52. The molecule has 29 heavy (non-hydrogen) atoms. The molecule has 0 spiro atoms. The molecule has 3 aromatic carbocycles. The lowest BCUT2D eigenvalue weighted by atomic mass is 10.2. The quantitative estimate of drug-likeness (QED) is 0.363. The Morgan fingerprint density at radius 1 is 1.07 bits per heavy atom. The Labute approximate surface area is 166 Å². The number of hydrogen-bond acceptors (Lipinski definition) is 6. The number of nitrogens with zero attached hydrogens (tertiary/aromatic N) is 2. The summed E-state index contributed by atoms with van der Waals surface area (Å²) in [6, 6.07) is 19.4. The highest BCUT2D eigenvalue weighted by molar-refractivity contribution is 5.97. The van der Waals surface area contributed by atoms with E-state index in [1.165, 1.54) is 30.5 Å². The number of para-hydroxylation sites is 1. The van der Waals surface area contributed by atoms with Gasteiger partial charge in [0.25, 0.3) is 11.6 Å². The van der Waals surface area contributed by atoms with Gasteiger partial charge in [-0.3, -0.25) is 14.9 Å². The maximum atomic E-state index is 11.9. The average molecular weight is 391 g/mol. The largest absolute Gasteiger partial charge is 0.507 e. The Hall–Kier alpha value is -4.20. The van der Waals surface area contributed by atoms with E-state index in [0.717, 1.165) is 11.1 Å². The summed E-state index contributed by atoms with van der Waals surface area (Å²) in [7, 11) is 0. The lowest BCUT2D eigenvalue weighted by Gasteiger charge is -2.06. The molecule has 0 unspecified atom stereocenters. The third kappa shape index (κ3) is 5.39. The van der Waals surface area contributed by atoms with Crippen LogP contribution in [0, 0.1) is 10.1 Å². The first-order valence-electron chi connectivity index (χ1n) is 8.60. The molecule has 0 bridgehead atoms. The van der Waals surface area contributed by atoms with Crippen molar-refractivity contribution in [3.8, 4) is 11.5 Å². The number of carbonyl (C=O) groups excluding carboxylic acids is 1. The second-order valence-electron chi connectivity index (χ2n) is 6.00. The first kappa shape index (κ1) is 19.6. The fourth-order valence-electron chi connectivity index (χ4n) is 2.42. The number of nitro groups is 1. The molecular formula is C21H17N3O5. The SMILES string of the molecule is O=C(NN=Cc1ccc(OCc2ccc([N+](=O)[O-])cc2)cc1)c1ccccc1O. The summed E-state index contributed by atoms with van der Waals surface area (Å²) >= 11 is 0. The van der Waals surface area contributed by atoms with Gasteiger partial charge in [0, 0.05) is 12.1 Å². The monoisotopic (exact) mass is 391 g/mol. The predicted molar refractivity (Wildman–Crippen MR) is 107 cm³/mol. The van der Waals surface area contributed by atoms with E-state index < -0.39 is 10.8 Å². The van der Waals surface area contributed by atoms with Crippen LogP contribution in [0.5, 0.6) is 11.5 Å². The van der Waals surface area contributed by atoms with E-state index in [1.54, 1.807) is 48.5 Å². The van der Waals surface area contributed by atoms with E-state index >= 15 is 0 Å². The normalized spacial score (nSPS) is 10.6. The number of hydrazone groups is 1. The molecule has 0 aliphatic carbocycles. The standard InChI is InChI=1S/C21H17N3O5/c25-20-4-2-1-3-19(20)21(26)23-22-13-15-7-11-18(12-8-15)29-14-16-5-9-17(10-6-16)24(27)28/h1-13,25H,14H2,(H,23,26). The highest BCUT2D eigenvalue weighted by Gasteiger charge is 2.08. The third-order valence-corrected chi connectivity index (χ3v) is 3.96. The zero-order valence-electron chi connectivity index (χ0n) is 15.2. The molecule has 0 atom stereocenters. The van der Waals surface area contributed by atoms with Gasteiger partial charge in [-0.15, -0.1) is 0 Å². The van der Waals surface area contributed by atoms with Crippen LogP contribution in [-0.2, 0) is 6.61 Å². The van der Waals surface area contributed by atoms with Crippen molar-refractivity contribution in [2.24, 2.45) is 5.10 Å². The van der Waals surface area contributed by atoms with Crippen LogP contribution >= 0.6 is 0 Å². The van der Waals surface area contributed by atoms with Crippen LogP contribution in [0.2, 0.25) is 0 Å². The molecular weight excluding hydrogens is 374 g/mol. The molecule has 1 amide bonds. The zero-order chi connectivity index (χ0) is 20.6. The molecule has 0 fully saturated rings. The van der Waals surface area contributed by atoms with Crippen molar-refractivity contribution in [1.29, 1.82) is 0 Å². The molecule has 146 valence electrons. The van der Waals surface area contributed by atoms with Gasteiger partial charge < -0.3 is 9.84 Å². The fourth-order valence-corrected chi connectivity index (χ4v) is 2.42. The van der Waals surface area contributed by atoms with Gasteiger partial charge in [-0.25, -0.2) is 5.43 Å². The Morgan fingerprint density at radius 2 is 1.76 bits per heavy atom. The maximum absolute atomic E-state index is 11.9. The Bertz CT molecular complexity index is 1030. The number of ether oxygens (including phenoxy) is 1. The number of hydrogen-bond donors (Lipinski definition) is 2. The molecule has 0 aliphatic heterocycles. The minimum Gasteiger partial charge on any atom is -0.507 e. The number of nitro benzene ring substituents is 1. The van der Waals surface area contributed by atoms with Crippen LogP contribution in [0.25, 0.3) is 0 Å². The van der Waals surface area contributed by atoms with Crippen LogP contribution in [0.3, 0.4) is 0 Å². The average Bonchev–Trinajstić information content (AvgIpc) is 2.73. The van der Waals surface area contributed by atoms with Crippen molar-refractivity contribution in [3.05, 3.63) is 99.6 Å². The highest BCUT2D eigenvalue weighted by Crippen LogP contribution is 2.17.